The van der Waals surface area contributed by atoms with E-state index in [0.29, 0.717) is 16.0 Å². The highest BCUT2D eigenvalue weighted by molar-refractivity contribution is 7.22. The van der Waals surface area contributed by atoms with Gasteiger partial charge in [-0.15, -0.1) is 11.3 Å². The molecule has 7 nitrogen and oxygen atoms in total. The first-order valence-electron chi connectivity index (χ1n) is 7.68. The highest BCUT2D eigenvalue weighted by atomic mass is 35.5. The molecule has 1 atom stereocenters. The molecule has 4 aromatic rings. The Hall–Kier alpha value is -2.49. The van der Waals surface area contributed by atoms with E-state index in [4.69, 9.17) is 11.6 Å². The molecule has 0 fully saturated rings. The predicted octanol–water partition coefficient (Wildman–Crippen LogP) is 3.61. The smallest absolute Gasteiger partial charge is 0.262 e. The summed E-state index contributed by atoms with van der Waals surface area (Å²) >= 11 is 9.06. The Morgan fingerprint density at radius 3 is 3.08 bits per heavy atom. The number of carbonyl (C=O) groups is 1. The molecule has 1 aromatic carbocycles. The Morgan fingerprint density at radius 2 is 2.23 bits per heavy atom. The predicted molar refractivity (Wildman–Crippen MR) is 107 cm³/mol. The van der Waals surface area contributed by atoms with E-state index in [1.807, 2.05) is 40.2 Å². The van der Waals surface area contributed by atoms with Gasteiger partial charge in [0, 0.05) is 11.6 Å². The SMILES string of the molecule is C[C@H](Nc1nc2ccccc2s1)C(=O)N/N=C\c1c(Cl)nc2sccn12. The van der Waals surface area contributed by atoms with Gasteiger partial charge in [0.15, 0.2) is 15.2 Å². The van der Waals surface area contributed by atoms with Crippen molar-refractivity contribution in [2.75, 3.05) is 5.32 Å². The summed E-state index contributed by atoms with van der Waals surface area (Å²) in [6.07, 6.45) is 3.33. The van der Waals surface area contributed by atoms with E-state index in [2.05, 4.69) is 25.8 Å². The summed E-state index contributed by atoms with van der Waals surface area (Å²) in [5.41, 5.74) is 4.03. The van der Waals surface area contributed by atoms with Crippen molar-refractivity contribution in [3.8, 4) is 0 Å². The van der Waals surface area contributed by atoms with Crippen LogP contribution in [-0.2, 0) is 4.79 Å². The average Bonchev–Trinajstić information content (AvgIpc) is 3.30. The number of hydrazone groups is 1. The molecule has 26 heavy (non-hydrogen) atoms. The summed E-state index contributed by atoms with van der Waals surface area (Å²) in [7, 11) is 0. The normalized spacial score (nSPS) is 12.8. The number of benzene rings is 1. The van der Waals surface area contributed by atoms with Crippen molar-refractivity contribution >= 4 is 66.7 Å². The Morgan fingerprint density at radius 1 is 1.38 bits per heavy atom. The molecule has 3 heterocycles. The first kappa shape index (κ1) is 17.0. The molecule has 0 saturated heterocycles. The van der Waals surface area contributed by atoms with Crippen LogP contribution in [0.25, 0.3) is 15.2 Å². The van der Waals surface area contributed by atoms with Crippen molar-refractivity contribution in [2.24, 2.45) is 5.10 Å². The van der Waals surface area contributed by atoms with Crippen LogP contribution < -0.4 is 10.7 Å². The Balaban J connectivity index is 1.41. The molecule has 132 valence electrons. The number of halogens is 1. The molecule has 3 aromatic heterocycles. The lowest BCUT2D eigenvalue weighted by Crippen LogP contribution is -2.34. The lowest BCUT2D eigenvalue weighted by molar-refractivity contribution is -0.121. The number of para-hydroxylation sites is 1. The summed E-state index contributed by atoms with van der Waals surface area (Å²) in [4.78, 5) is 21.7. The number of thiazole rings is 2. The van der Waals surface area contributed by atoms with Crippen LogP contribution in [0.4, 0.5) is 5.13 Å². The maximum Gasteiger partial charge on any atom is 0.262 e. The molecule has 0 bridgehead atoms. The highest BCUT2D eigenvalue weighted by Gasteiger charge is 2.14. The molecule has 0 saturated carbocycles. The number of hydrogen-bond acceptors (Lipinski definition) is 7. The van der Waals surface area contributed by atoms with Gasteiger partial charge >= 0.3 is 0 Å². The molecule has 0 radical (unpaired) electrons. The summed E-state index contributed by atoms with van der Waals surface area (Å²) < 4.78 is 2.88. The largest absolute Gasteiger partial charge is 0.350 e. The number of aromatic nitrogens is 3. The third-order valence-electron chi connectivity index (χ3n) is 3.64. The second kappa shape index (κ2) is 7.02. The highest BCUT2D eigenvalue weighted by Crippen LogP contribution is 2.25. The first-order chi connectivity index (χ1) is 12.6. The van der Waals surface area contributed by atoms with E-state index < -0.39 is 6.04 Å². The Bertz CT molecular complexity index is 1080. The second-order valence-corrected chi connectivity index (χ2v) is 7.69. The number of nitrogens with zero attached hydrogens (tertiary/aromatic N) is 4. The van der Waals surface area contributed by atoms with Gasteiger partial charge < -0.3 is 5.32 Å². The van der Waals surface area contributed by atoms with E-state index in [-0.39, 0.29) is 5.91 Å². The van der Waals surface area contributed by atoms with E-state index >= 15 is 0 Å². The lowest BCUT2D eigenvalue weighted by Gasteiger charge is -2.10. The van der Waals surface area contributed by atoms with Crippen LogP contribution in [-0.4, -0.2) is 32.5 Å². The zero-order valence-electron chi connectivity index (χ0n) is 13.5. The molecular weight excluding hydrogens is 392 g/mol. The quantitative estimate of drug-likeness (QED) is 0.393. The van der Waals surface area contributed by atoms with Crippen LogP contribution in [0.3, 0.4) is 0 Å². The van der Waals surface area contributed by atoms with Gasteiger partial charge in [0.05, 0.1) is 16.4 Å². The topological polar surface area (TPSA) is 83.7 Å². The van der Waals surface area contributed by atoms with Crippen LogP contribution in [0.1, 0.15) is 12.6 Å². The van der Waals surface area contributed by atoms with E-state index in [9.17, 15) is 4.79 Å². The second-order valence-electron chi connectivity index (χ2n) is 5.43. The van der Waals surface area contributed by atoms with E-state index in [0.717, 1.165) is 15.2 Å². The molecule has 0 aliphatic carbocycles. The fraction of sp³-hybridized carbons (Fsp3) is 0.125. The molecular formula is C16H13ClN6OS2. The minimum atomic E-state index is -0.491. The zero-order valence-corrected chi connectivity index (χ0v) is 15.9. The molecule has 0 aliphatic rings. The van der Waals surface area contributed by atoms with Gasteiger partial charge in [0.2, 0.25) is 0 Å². The van der Waals surface area contributed by atoms with Gasteiger partial charge in [-0.05, 0) is 19.1 Å². The molecule has 1 amide bonds. The van der Waals surface area contributed by atoms with Crippen LogP contribution in [0.15, 0.2) is 40.9 Å². The number of carbonyl (C=O) groups excluding carboxylic acids is 1. The van der Waals surface area contributed by atoms with Gasteiger partial charge in [-0.2, -0.15) is 5.10 Å². The van der Waals surface area contributed by atoms with Crippen molar-refractivity contribution < 1.29 is 4.79 Å². The zero-order chi connectivity index (χ0) is 18.1. The van der Waals surface area contributed by atoms with Gasteiger partial charge in [-0.1, -0.05) is 35.1 Å². The number of imidazole rings is 1. The number of fused-ring (bicyclic) bond motifs is 2. The van der Waals surface area contributed by atoms with Gasteiger partial charge in [-0.25, -0.2) is 15.4 Å². The third kappa shape index (κ3) is 3.28. The van der Waals surface area contributed by atoms with Crippen molar-refractivity contribution in [3.05, 3.63) is 46.7 Å². The summed E-state index contributed by atoms with van der Waals surface area (Å²) in [6.45, 7) is 1.75. The van der Waals surface area contributed by atoms with Crippen molar-refractivity contribution in [2.45, 2.75) is 13.0 Å². The fourth-order valence-corrected chi connectivity index (χ4v) is 4.27. The molecule has 2 N–H and O–H groups in total. The minimum absolute atomic E-state index is 0.275. The maximum absolute atomic E-state index is 12.2. The van der Waals surface area contributed by atoms with Gasteiger partial charge in [-0.3, -0.25) is 9.20 Å². The van der Waals surface area contributed by atoms with Crippen LogP contribution in [0.5, 0.6) is 0 Å². The minimum Gasteiger partial charge on any atom is -0.350 e. The number of amides is 1. The summed E-state index contributed by atoms with van der Waals surface area (Å²) in [5, 5.41) is 10.0. The fourth-order valence-electron chi connectivity index (χ4n) is 2.33. The monoisotopic (exact) mass is 404 g/mol. The van der Waals surface area contributed by atoms with Gasteiger partial charge in [0.25, 0.3) is 5.91 Å². The van der Waals surface area contributed by atoms with Crippen molar-refractivity contribution in [1.82, 2.24) is 19.8 Å². The number of anilines is 1. The standard InChI is InChI=1S/C16H13ClN6OS2/c1-9(19-15-20-10-4-2-3-5-12(10)26-15)14(24)22-18-8-11-13(17)21-16-23(11)6-7-25-16/h2-9H,1H3,(H,19,20)(H,22,24)/b18-8-/t9-/m0/s1. The molecule has 10 heteroatoms. The molecule has 4 rings (SSSR count). The molecule has 0 aliphatic heterocycles. The number of rotatable bonds is 5. The van der Waals surface area contributed by atoms with E-state index in [1.165, 1.54) is 28.9 Å². The maximum atomic E-state index is 12.2. The van der Waals surface area contributed by atoms with Crippen LogP contribution >= 0.6 is 34.3 Å². The molecule has 0 unspecified atom stereocenters. The first-order valence-corrected chi connectivity index (χ1v) is 9.75. The molecule has 0 spiro atoms. The summed E-state index contributed by atoms with van der Waals surface area (Å²) in [5.74, 6) is -0.275. The van der Waals surface area contributed by atoms with Gasteiger partial charge in [0.1, 0.15) is 11.7 Å². The van der Waals surface area contributed by atoms with Crippen molar-refractivity contribution in [3.63, 3.8) is 0 Å². The summed E-state index contributed by atoms with van der Waals surface area (Å²) in [6, 6.07) is 7.33. The Labute approximate surface area is 161 Å². The van der Waals surface area contributed by atoms with Crippen LogP contribution in [0, 0.1) is 0 Å². The van der Waals surface area contributed by atoms with E-state index in [1.54, 1.807) is 6.92 Å². The van der Waals surface area contributed by atoms with Crippen molar-refractivity contribution in [1.29, 1.82) is 0 Å². The third-order valence-corrected chi connectivity index (χ3v) is 5.65. The lowest BCUT2D eigenvalue weighted by atomic mass is 10.3. The van der Waals surface area contributed by atoms with Crippen LogP contribution in [0.2, 0.25) is 5.15 Å². The number of hydrogen-bond donors (Lipinski definition) is 2. The number of nitrogens with one attached hydrogen (secondary N) is 2. The average molecular weight is 405 g/mol. The Kier molecular flexibility index (Phi) is 4.58.